The molecule has 6 nitrogen and oxygen atoms in total. The zero-order valence-electron chi connectivity index (χ0n) is 16.8. The van der Waals surface area contributed by atoms with E-state index >= 15 is 0 Å². The number of nitrogens with two attached hydrogens (primary N) is 1. The van der Waals surface area contributed by atoms with Gasteiger partial charge in [0.25, 0.3) is 0 Å². The molecule has 0 atom stereocenters. The third-order valence-corrected chi connectivity index (χ3v) is 4.95. The van der Waals surface area contributed by atoms with Gasteiger partial charge in [0.2, 0.25) is 5.91 Å². The number of aromatic nitrogens is 2. The molecule has 3 aromatic rings. The van der Waals surface area contributed by atoms with Gasteiger partial charge in [0.05, 0.1) is 17.1 Å². The summed E-state index contributed by atoms with van der Waals surface area (Å²) in [6.45, 7) is 9.27. The topological polar surface area (TPSA) is 84.4 Å². The van der Waals surface area contributed by atoms with E-state index in [1.807, 2.05) is 30.5 Å². The number of anilines is 2. The minimum Gasteiger partial charge on any atom is -0.378 e. The Bertz CT molecular complexity index is 976. The van der Waals surface area contributed by atoms with Gasteiger partial charge in [0, 0.05) is 31.4 Å². The van der Waals surface area contributed by atoms with Crippen LogP contribution in [0.2, 0.25) is 0 Å². The summed E-state index contributed by atoms with van der Waals surface area (Å²) in [5.74, 6) is -0.0907. The second-order valence-electron chi connectivity index (χ2n) is 6.93. The maximum Gasteiger partial charge on any atom is 0.225 e. The number of carbonyl (C=O) groups excluding carboxylic acids is 1. The van der Waals surface area contributed by atoms with Gasteiger partial charge in [-0.25, -0.2) is 4.98 Å². The molecule has 28 heavy (non-hydrogen) atoms. The maximum absolute atomic E-state index is 12.0. The lowest BCUT2D eigenvalue weighted by Gasteiger charge is -2.14. The molecule has 0 aliphatic heterocycles. The quantitative estimate of drug-likeness (QED) is 0.585. The normalized spacial score (nSPS) is 10.6. The molecular weight excluding hydrogens is 374 g/mol. The van der Waals surface area contributed by atoms with Crippen LogP contribution in [0.4, 0.5) is 11.4 Å². The van der Waals surface area contributed by atoms with Gasteiger partial charge in [0.1, 0.15) is 0 Å². The Morgan fingerprint density at radius 2 is 1.86 bits per heavy atom. The monoisotopic (exact) mass is 401 g/mol. The molecule has 0 saturated heterocycles. The van der Waals surface area contributed by atoms with E-state index in [0.717, 1.165) is 28.4 Å². The Kier molecular flexibility index (Phi) is 7.05. The van der Waals surface area contributed by atoms with Crippen molar-refractivity contribution in [2.75, 3.05) is 17.2 Å². The summed E-state index contributed by atoms with van der Waals surface area (Å²) in [7, 11) is 0. The third kappa shape index (κ3) is 4.46. The fourth-order valence-electron chi connectivity index (χ4n) is 3.24. The molecule has 0 aliphatic carbocycles. The number of benzene rings is 1. The molecule has 0 radical (unpaired) electrons. The zero-order chi connectivity index (χ0) is 19.6. The molecule has 0 unspecified atom stereocenters. The number of aryl methyl sites for hydroxylation is 4. The van der Waals surface area contributed by atoms with Gasteiger partial charge in [0.15, 0.2) is 5.65 Å². The first-order chi connectivity index (χ1) is 12.9. The SMILES string of the molecule is Cc1cccc(C)c1CNc1cc(NC(=O)CCN)cn2c(C)c(C)nc12.Cl. The minimum absolute atomic E-state index is 0. The van der Waals surface area contributed by atoms with Crippen molar-refractivity contribution >= 4 is 35.3 Å². The number of halogens is 1. The summed E-state index contributed by atoms with van der Waals surface area (Å²) in [6, 6.07) is 8.24. The molecule has 4 N–H and O–H groups in total. The summed E-state index contributed by atoms with van der Waals surface area (Å²) >= 11 is 0. The van der Waals surface area contributed by atoms with Crippen LogP contribution < -0.4 is 16.4 Å². The standard InChI is InChI=1S/C21H27N5O.ClH/c1-13-6-5-7-14(2)18(13)11-23-19-10-17(25-20(27)8-9-22)12-26-16(4)15(3)24-21(19)26;/h5-7,10,12,23H,8-9,11,22H2,1-4H3,(H,25,27);1H. The molecule has 2 heterocycles. The van der Waals surface area contributed by atoms with E-state index in [1.165, 1.54) is 16.7 Å². The second kappa shape index (κ2) is 9.08. The van der Waals surface area contributed by atoms with Crippen molar-refractivity contribution < 1.29 is 4.79 Å². The van der Waals surface area contributed by atoms with Crippen LogP contribution in [-0.2, 0) is 11.3 Å². The number of carbonyl (C=O) groups is 1. The predicted molar refractivity (Wildman–Crippen MR) is 117 cm³/mol. The Morgan fingerprint density at radius 3 is 2.50 bits per heavy atom. The molecule has 1 aromatic carbocycles. The van der Waals surface area contributed by atoms with Gasteiger partial charge in [-0.15, -0.1) is 12.4 Å². The van der Waals surface area contributed by atoms with Gasteiger partial charge in [-0.2, -0.15) is 0 Å². The summed E-state index contributed by atoms with van der Waals surface area (Å²) in [5, 5.41) is 6.44. The fraction of sp³-hybridized carbons (Fsp3) is 0.333. The highest BCUT2D eigenvalue weighted by Crippen LogP contribution is 2.26. The Balaban J connectivity index is 0.00000280. The van der Waals surface area contributed by atoms with E-state index in [9.17, 15) is 4.79 Å². The van der Waals surface area contributed by atoms with Crippen LogP contribution in [0.25, 0.3) is 5.65 Å². The average Bonchev–Trinajstić information content (AvgIpc) is 2.90. The van der Waals surface area contributed by atoms with Crippen molar-refractivity contribution in [3.8, 4) is 0 Å². The first-order valence-electron chi connectivity index (χ1n) is 9.19. The lowest BCUT2D eigenvalue weighted by atomic mass is 10.0. The van der Waals surface area contributed by atoms with Gasteiger partial charge >= 0.3 is 0 Å². The van der Waals surface area contributed by atoms with E-state index in [1.54, 1.807) is 0 Å². The molecule has 150 valence electrons. The van der Waals surface area contributed by atoms with E-state index < -0.39 is 0 Å². The molecule has 0 spiro atoms. The number of nitrogens with one attached hydrogen (secondary N) is 2. The van der Waals surface area contributed by atoms with E-state index in [2.05, 4.69) is 42.7 Å². The van der Waals surface area contributed by atoms with Crippen LogP contribution in [0.15, 0.2) is 30.5 Å². The first-order valence-corrected chi connectivity index (χ1v) is 9.19. The van der Waals surface area contributed by atoms with Crippen LogP contribution in [0.3, 0.4) is 0 Å². The molecule has 0 bridgehead atoms. The molecule has 3 rings (SSSR count). The number of amides is 1. The van der Waals surface area contributed by atoms with Crippen LogP contribution in [0, 0.1) is 27.7 Å². The number of imidazole rings is 1. The number of nitrogens with zero attached hydrogens (tertiary/aromatic N) is 2. The number of hydrogen-bond acceptors (Lipinski definition) is 4. The Morgan fingerprint density at radius 1 is 1.18 bits per heavy atom. The van der Waals surface area contributed by atoms with Crippen LogP contribution >= 0.6 is 12.4 Å². The number of pyridine rings is 1. The summed E-state index contributed by atoms with van der Waals surface area (Å²) in [6.07, 6.45) is 2.20. The number of rotatable bonds is 6. The summed E-state index contributed by atoms with van der Waals surface area (Å²) < 4.78 is 2.01. The molecule has 7 heteroatoms. The fourth-order valence-corrected chi connectivity index (χ4v) is 3.24. The molecule has 0 fully saturated rings. The molecule has 0 saturated carbocycles. The van der Waals surface area contributed by atoms with Crippen LogP contribution in [0.1, 0.15) is 34.5 Å². The minimum atomic E-state index is -0.0907. The lowest BCUT2D eigenvalue weighted by Crippen LogP contribution is -2.16. The van der Waals surface area contributed by atoms with Crippen LogP contribution in [0.5, 0.6) is 0 Å². The zero-order valence-corrected chi connectivity index (χ0v) is 17.6. The van der Waals surface area contributed by atoms with Crippen molar-refractivity contribution in [2.45, 2.75) is 40.7 Å². The second-order valence-corrected chi connectivity index (χ2v) is 6.93. The highest BCUT2D eigenvalue weighted by atomic mass is 35.5. The van der Waals surface area contributed by atoms with Crippen molar-refractivity contribution in [1.29, 1.82) is 0 Å². The highest BCUT2D eigenvalue weighted by molar-refractivity contribution is 5.92. The Hall–Kier alpha value is -2.57. The molecule has 1 amide bonds. The van der Waals surface area contributed by atoms with E-state index in [4.69, 9.17) is 10.7 Å². The van der Waals surface area contributed by atoms with Gasteiger partial charge in [-0.05, 0) is 50.5 Å². The predicted octanol–water partition coefficient (Wildman–Crippen LogP) is 3.89. The van der Waals surface area contributed by atoms with Gasteiger partial charge < -0.3 is 20.8 Å². The number of hydrogen-bond donors (Lipinski definition) is 3. The average molecular weight is 402 g/mol. The molecule has 2 aromatic heterocycles. The third-order valence-electron chi connectivity index (χ3n) is 4.95. The molecular formula is C21H28ClN5O. The highest BCUT2D eigenvalue weighted by Gasteiger charge is 2.13. The largest absolute Gasteiger partial charge is 0.378 e. The maximum atomic E-state index is 12.0. The first kappa shape index (κ1) is 21.7. The molecule has 0 aliphatic rings. The van der Waals surface area contributed by atoms with Gasteiger partial charge in [-0.3, -0.25) is 4.79 Å². The van der Waals surface area contributed by atoms with Crippen molar-refractivity contribution in [1.82, 2.24) is 9.38 Å². The van der Waals surface area contributed by atoms with Crippen molar-refractivity contribution in [3.05, 3.63) is 58.5 Å². The lowest BCUT2D eigenvalue weighted by molar-refractivity contribution is -0.116. The van der Waals surface area contributed by atoms with Crippen LogP contribution in [-0.4, -0.2) is 21.8 Å². The Labute approximate surface area is 172 Å². The van der Waals surface area contributed by atoms with Crippen molar-refractivity contribution in [3.63, 3.8) is 0 Å². The number of fused-ring (bicyclic) bond motifs is 1. The van der Waals surface area contributed by atoms with Gasteiger partial charge in [-0.1, -0.05) is 18.2 Å². The van der Waals surface area contributed by atoms with Crippen molar-refractivity contribution in [2.24, 2.45) is 5.73 Å². The van der Waals surface area contributed by atoms with E-state index in [-0.39, 0.29) is 18.3 Å². The summed E-state index contributed by atoms with van der Waals surface area (Å²) in [5.41, 5.74) is 13.7. The van der Waals surface area contributed by atoms with E-state index in [0.29, 0.717) is 19.5 Å². The summed E-state index contributed by atoms with van der Waals surface area (Å²) in [4.78, 5) is 16.7. The smallest absolute Gasteiger partial charge is 0.225 e.